The molecule has 1 heterocycles. The summed E-state index contributed by atoms with van der Waals surface area (Å²) < 4.78 is 12.5. The van der Waals surface area contributed by atoms with Crippen molar-refractivity contribution in [1.82, 2.24) is 9.97 Å². The summed E-state index contributed by atoms with van der Waals surface area (Å²) in [5.74, 6) is -2.46. The molecule has 0 saturated carbocycles. The van der Waals surface area contributed by atoms with E-state index in [0.717, 1.165) is 0 Å². The monoisotopic (exact) mass is 212 g/mol. The zero-order chi connectivity index (χ0) is 8.43. The molecule has 0 spiro atoms. The van der Waals surface area contributed by atoms with Crippen LogP contribution in [0.15, 0.2) is 6.20 Å². The maximum atomic E-state index is 12.5. The van der Waals surface area contributed by atoms with E-state index in [2.05, 4.69) is 9.97 Å². The average Bonchev–Trinajstić information content (AvgIpc) is 1.94. The molecule has 0 radical (unpaired) electrons. The van der Waals surface area contributed by atoms with E-state index in [1.165, 1.54) is 0 Å². The fourth-order valence-electron chi connectivity index (χ4n) is 0.496. The molecule has 0 saturated heterocycles. The third-order valence-electron chi connectivity index (χ3n) is 0.917. The van der Waals surface area contributed by atoms with Gasteiger partial charge in [-0.25, -0.2) is 19.2 Å². The zero-order valence-electron chi connectivity index (χ0n) is 5.49. The minimum Gasteiger partial charge on any atom is -0.476 e. The molecule has 1 N–H and O–H groups in total. The molecule has 12 heavy (non-hydrogen) atoms. The van der Waals surface area contributed by atoms with Crippen LogP contribution >= 0.6 is 24.0 Å². The van der Waals surface area contributed by atoms with Gasteiger partial charge in [-0.3, -0.25) is 0 Å². The van der Waals surface area contributed by atoms with Crippen LogP contribution in [0.25, 0.3) is 0 Å². The highest BCUT2D eigenvalue weighted by Gasteiger charge is 2.12. The van der Waals surface area contributed by atoms with Gasteiger partial charge in [0.25, 0.3) is 0 Å². The van der Waals surface area contributed by atoms with Gasteiger partial charge in [-0.15, -0.1) is 12.4 Å². The lowest BCUT2D eigenvalue weighted by atomic mass is 10.4. The van der Waals surface area contributed by atoms with Crippen molar-refractivity contribution in [3.63, 3.8) is 0 Å². The van der Waals surface area contributed by atoms with Crippen molar-refractivity contribution in [2.24, 2.45) is 0 Å². The van der Waals surface area contributed by atoms with Gasteiger partial charge in [-0.05, 0) is 11.6 Å². The molecule has 1 aromatic heterocycles. The van der Waals surface area contributed by atoms with E-state index < -0.39 is 17.5 Å². The smallest absolute Gasteiger partial charge is 0.357 e. The Bertz CT molecular complexity index is 307. The van der Waals surface area contributed by atoms with Crippen LogP contribution in [0.1, 0.15) is 10.5 Å². The summed E-state index contributed by atoms with van der Waals surface area (Å²) in [7, 11) is 0. The number of halogens is 3. The second-order valence-electron chi connectivity index (χ2n) is 1.64. The van der Waals surface area contributed by atoms with Crippen LogP contribution in [0.5, 0.6) is 0 Å². The van der Waals surface area contributed by atoms with Crippen LogP contribution in [0.3, 0.4) is 0 Å². The summed E-state index contributed by atoms with van der Waals surface area (Å²) in [5.41, 5.74) is -0.718. The first kappa shape index (κ1) is 11.1. The third kappa shape index (κ3) is 2.28. The van der Waals surface area contributed by atoms with Crippen LogP contribution in [0.4, 0.5) is 4.39 Å². The van der Waals surface area contributed by atoms with Crippen LogP contribution in [0.2, 0.25) is 5.28 Å². The van der Waals surface area contributed by atoms with Gasteiger partial charge >= 0.3 is 5.97 Å². The number of carboxylic acids is 1. The molecular weight excluding hydrogens is 210 g/mol. The molecule has 0 aliphatic carbocycles. The quantitative estimate of drug-likeness (QED) is 0.715. The summed E-state index contributed by atoms with van der Waals surface area (Å²) in [4.78, 5) is 16.6. The van der Waals surface area contributed by atoms with Gasteiger partial charge in [-0.2, -0.15) is 0 Å². The number of nitrogens with zero attached hydrogens (tertiary/aromatic N) is 2. The molecule has 0 atom stereocenters. The molecular formula is C5H3Cl2FN2O2. The second kappa shape index (κ2) is 4.18. The molecule has 66 valence electrons. The second-order valence-corrected chi connectivity index (χ2v) is 1.98. The van der Waals surface area contributed by atoms with Gasteiger partial charge in [0.2, 0.25) is 5.28 Å². The normalized spacial score (nSPS) is 8.83. The van der Waals surface area contributed by atoms with Gasteiger partial charge < -0.3 is 5.11 Å². The molecule has 0 aromatic carbocycles. The summed E-state index contributed by atoms with van der Waals surface area (Å²) >= 11 is 5.21. The Morgan fingerprint density at radius 1 is 1.67 bits per heavy atom. The van der Waals surface area contributed by atoms with Gasteiger partial charge in [0.05, 0.1) is 6.20 Å². The highest BCUT2D eigenvalue weighted by molar-refractivity contribution is 6.28. The minimum absolute atomic E-state index is 0. The number of hydrogen-bond donors (Lipinski definition) is 1. The van der Waals surface area contributed by atoms with Crippen LogP contribution in [0, 0.1) is 5.82 Å². The van der Waals surface area contributed by atoms with E-state index in [4.69, 9.17) is 16.7 Å². The first-order valence-electron chi connectivity index (χ1n) is 2.52. The summed E-state index contributed by atoms with van der Waals surface area (Å²) in [6.45, 7) is 0. The fraction of sp³-hybridized carbons (Fsp3) is 0. The molecule has 0 fully saturated rings. The number of aromatic nitrogens is 2. The van der Waals surface area contributed by atoms with Crippen molar-refractivity contribution in [3.05, 3.63) is 23.0 Å². The van der Waals surface area contributed by atoms with E-state index >= 15 is 0 Å². The van der Waals surface area contributed by atoms with Crippen molar-refractivity contribution < 1.29 is 14.3 Å². The van der Waals surface area contributed by atoms with E-state index in [-0.39, 0.29) is 17.7 Å². The SMILES string of the molecule is Cl.O=C(O)c1nc(Cl)ncc1F. The van der Waals surface area contributed by atoms with E-state index in [9.17, 15) is 9.18 Å². The molecule has 1 aromatic rings. The molecule has 7 heteroatoms. The Labute approximate surface area is 77.8 Å². The molecule has 4 nitrogen and oxygen atoms in total. The van der Waals surface area contributed by atoms with E-state index in [1.807, 2.05) is 0 Å². The highest BCUT2D eigenvalue weighted by atomic mass is 35.5. The van der Waals surface area contributed by atoms with Gasteiger partial charge in [-0.1, -0.05) is 0 Å². The van der Waals surface area contributed by atoms with Crippen LogP contribution in [-0.2, 0) is 0 Å². The van der Waals surface area contributed by atoms with Gasteiger partial charge in [0.1, 0.15) is 0 Å². The number of hydrogen-bond acceptors (Lipinski definition) is 3. The first-order chi connectivity index (χ1) is 5.11. The third-order valence-corrected chi connectivity index (χ3v) is 1.10. The van der Waals surface area contributed by atoms with E-state index in [1.54, 1.807) is 0 Å². The number of rotatable bonds is 1. The lowest BCUT2D eigenvalue weighted by molar-refractivity contribution is 0.0684. The van der Waals surface area contributed by atoms with Crippen molar-refractivity contribution in [2.75, 3.05) is 0 Å². The van der Waals surface area contributed by atoms with E-state index in [0.29, 0.717) is 6.20 Å². The number of carbonyl (C=O) groups is 1. The largest absolute Gasteiger partial charge is 0.476 e. The summed E-state index contributed by atoms with van der Waals surface area (Å²) in [6.07, 6.45) is 0.707. The minimum atomic E-state index is -1.47. The van der Waals surface area contributed by atoms with Gasteiger partial charge in [0, 0.05) is 0 Å². The van der Waals surface area contributed by atoms with Gasteiger partial charge in [0.15, 0.2) is 11.5 Å². The lowest BCUT2D eigenvalue weighted by Crippen LogP contribution is -2.04. The first-order valence-corrected chi connectivity index (χ1v) is 2.90. The average molecular weight is 213 g/mol. The Morgan fingerprint density at radius 3 is 2.67 bits per heavy atom. The number of carboxylic acid groups (broad SMARTS) is 1. The lowest BCUT2D eigenvalue weighted by Gasteiger charge is -1.94. The standard InChI is InChI=1S/C5H2ClFN2O2.ClH/c6-5-8-1-2(7)3(9-5)4(10)11;/h1H,(H,10,11);1H. The van der Waals surface area contributed by atoms with Crippen LogP contribution in [-0.4, -0.2) is 21.0 Å². The topological polar surface area (TPSA) is 63.1 Å². The Kier molecular flexibility index (Phi) is 3.85. The van der Waals surface area contributed by atoms with Crippen molar-refractivity contribution >= 4 is 30.0 Å². The number of aromatic carboxylic acids is 1. The summed E-state index contributed by atoms with van der Waals surface area (Å²) in [6, 6.07) is 0. The zero-order valence-corrected chi connectivity index (χ0v) is 7.06. The molecule has 0 aliphatic rings. The highest BCUT2D eigenvalue weighted by Crippen LogP contribution is 2.05. The Balaban J connectivity index is 0.00000121. The van der Waals surface area contributed by atoms with Crippen molar-refractivity contribution in [2.45, 2.75) is 0 Å². The molecule has 0 unspecified atom stereocenters. The molecule has 1 rings (SSSR count). The maximum Gasteiger partial charge on any atom is 0.357 e. The van der Waals surface area contributed by atoms with Crippen molar-refractivity contribution in [1.29, 1.82) is 0 Å². The van der Waals surface area contributed by atoms with Crippen molar-refractivity contribution in [3.8, 4) is 0 Å². The fourth-order valence-corrected chi connectivity index (χ4v) is 0.629. The molecule has 0 amide bonds. The Morgan fingerprint density at radius 2 is 2.25 bits per heavy atom. The Hall–Kier alpha value is -0.940. The maximum absolute atomic E-state index is 12.5. The molecule has 0 bridgehead atoms. The predicted molar refractivity (Wildman–Crippen MR) is 41.2 cm³/mol. The summed E-state index contributed by atoms with van der Waals surface area (Å²) in [5, 5.41) is 8.01. The predicted octanol–water partition coefficient (Wildman–Crippen LogP) is 1.39. The molecule has 0 aliphatic heterocycles. The van der Waals surface area contributed by atoms with Crippen LogP contribution < -0.4 is 0 Å².